The summed E-state index contributed by atoms with van der Waals surface area (Å²) in [5, 5.41) is 18.8. The van der Waals surface area contributed by atoms with E-state index in [1.165, 1.54) is 0 Å². The maximum Gasteiger partial charge on any atom is 0.218 e. The number of aliphatic hydroxyl groups excluding tert-OH is 2. The average molecular weight is 286 g/mol. The SMILES string of the molecule is NCc1ccc(CS(=O)(=O)N2CC(O)C(O)C2)cc1. The van der Waals surface area contributed by atoms with Gasteiger partial charge in [-0.2, -0.15) is 4.31 Å². The predicted molar refractivity (Wildman–Crippen MR) is 70.5 cm³/mol. The molecular formula is C12H18N2O4S. The van der Waals surface area contributed by atoms with Gasteiger partial charge >= 0.3 is 0 Å². The van der Waals surface area contributed by atoms with E-state index in [-0.39, 0.29) is 18.8 Å². The molecule has 2 rings (SSSR count). The summed E-state index contributed by atoms with van der Waals surface area (Å²) in [6.45, 7) is 0.312. The molecule has 0 amide bonds. The van der Waals surface area contributed by atoms with E-state index in [0.717, 1.165) is 9.87 Å². The fourth-order valence-corrected chi connectivity index (χ4v) is 3.59. The summed E-state index contributed by atoms with van der Waals surface area (Å²) in [5.41, 5.74) is 7.07. The first-order chi connectivity index (χ1) is 8.92. The predicted octanol–water partition coefficient (Wildman–Crippen LogP) is -0.987. The van der Waals surface area contributed by atoms with E-state index in [9.17, 15) is 18.6 Å². The molecule has 0 aliphatic carbocycles. The molecular weight excluding hydrogens is 268 g/mol. The molecule has 1 aliphatic heterocycles. The molecule has 1 heterocycles. The highest BCUT2D eigenvalue weighted by Gasteiger charge is 2.36. The number of β-amino-alcohol motifs (C(OH)–C–C–N with tert-alkyl or cyclic N) is 2. The van der Waals surface area contributed by atoms with Gasteiger partial charge in [-0.3, -0.25) is 0 Å². The van der Waals surface area contributed by atoms with Gasteiger partial charge < -0.3 is 15.9 Å². The molecule has 0 radical (unpaired) electrons. The summed E-state index contributed by atoms with van der Waals surface area (Å²) in [6, 6.07) is 7.03. The Morgan fingerprint density at radius 1 is 1.11 bits per heavy atom. The van der Waals surface area contributed by atoms with Gasteiger partial charge in [0.15, 0.2) is 0 Å². The Bertz CT molecular complexity index is 519. The molecule has 1 aliphatic rings. The van der Waals surface area contributed by atoms with Gasteiger partial charge in [0.2, 0.25) is 10.0 Å². The lowest BCUT2D eigenvalue weighted by Crippen LogP contribution is -2.31. The van der Waals surface area contributed by atoms with Crippen molar-refractivity contribution in [3.8, 4) is 0 Å². The summed E-state index contributed by atoms with van der Waals surface area (Å²) < 4.78 is 25.4. The summed E-state index contributed by atoms with van der Waals surface area (Å²) in [7, 11) is -3.52. The molecule has 4 N–H and O–H groups in total. The van der Waals surface area contributed by atoms with Crippen molar-refractivity contribution in [1.29, 1.82) is 0 Å². The standard InChI is InChI=1S/C12H18N2O4S/c13-5-9-1-3-10(4-2-9)8-19(17,18)14-6-11(15)12(16)7-14/h1-4,11-12,15-16H,5-8,13H2. The van der Waals surface area contributed by atoms with Crippen LogP contribution >= 0.6 is 0 Å². The van der Waals surface area contributed by atoms with Crippen LogP contribution < -0.4 is 5.73 Å². The molecule has 0 saturated carbocycles. The van der Waals surface area contributed by atoms with Crippen LogP contribution in [0, 0.1) is 0 Å². The topological polar surface area (TPSA) is 104 Å². The van der Waals surface area contributed by atoms with Gasteiger partial charge in [0.25, 0.3) is 0 Å². The minimum atomic E-state index is -3.52. The van der Waals surface area contributed by atoms with Crippen molar-refractivity contribution >= 4 is 10.0 Å². The third-order valence-electron chi connectivity index (χ3n) is 3.23. The molecule has 2 unspecified atom stereocenters. The van der Waals surface area contributed by atoms with E-state index < -0.39 is 22.2 Å². The Labute approximate surface area is 112 Å². The van der Waals surface area contributed by atoms with Gasteiger partial charge in [-0.25, -0.2) is 8.42 Å². The van der Waals surface area contributed by atoms with Crippen molar-refractivity contribution in [2.75, 3.05) is 13.1 Å². The zero-order chi connectivity index (χ0) is 14.0. The lowest BCUT2D eigenvalue weighted by molar-refractivity contribution is 0.0572. The summed E-state index contributed by atoms with van der Waals surface area (Å²) in [5.74, 6) is -0.142. The number of benzene rings is 1. The number of nitrogens with two attached hydrogens (primary N) is 1. The second kappa shape index (κ2) is 5.56. The average Bonchev–Trinajstić information content (AvgIpc) is 2.71. The zero-order valence-electron chi connectivity index (χ0n) is 10.4. The molecule has 0 aromatic heterocycles. The van der Waals surface area contributed by atoms with Crippen LogP contribution in [0.4, 0.5) is 0 Å². The monoisotopic (exact) mass is 286 g/mol. The van der Waals surface area contributed by atoms with Crippen molar-refractivity contribution < 1.29 is 18.6 Å². The third-order valence-corrected chi connectivity index (χ3v) is 5.01. The van der Waals surface area contributed by atoms with Gasteiger partial charge in [-0.15, -0.1) is 0 Å². The summed E-state index contributed by atoms with van der Waals surface area (Å²) in [6.07, 6.45) is -2.01. The summed E-state index contributed by atoms with van der Waals surface area (Å²) in [4.78, 5) is 0. The first-order valence-corrected chi connectivity index (χ1v) is 7.65. The molecule has 1 aromatic carbocycles. The van der Waals surface area contributed by atoms with Gasteiger partial charge in [0.1, 0.15) is 0 Å². The van der Waals surface area contributed by atoms with Gasteiger partial charge in [-0.1, -0.05) is 24.3 Å². The van der Waals surface area contributed by atoms with Crippen LogP contribution in [-0.4, -0.2) is 48.2 Å². The Kier molecular flexibility index (Phi) is 4.22. The van der Waals surface area contributed by atoms with Gasteiger partial charge in [-0.05, 0) is 11.1 Å². The van der Waals surface area contributed by atoms with Gasteiger partial charge in [0.05, 0.1) is 18.0 Å². The molecule has 1 aromatic rings. The third kappa shape index (κ3) is 3.31. The van der Waals surface area contributed by atoms with Crippen LogP contribution in [0.5, 0.6) is 0 Å². The molecule has 1 saturated heterocycles. The second-order valence-electron chi connectivity index (χ2n) is 4.73. The lowest BCUT2D eigenvalue weighted by Gasteiger charge is -2.15. The Morgan fingerprint density at radius 2 is 1.58 bits per heavy atom. The molecule has 19 heavy (non-hydrogen) atoms. The smallest absolute Gasteiger partial charge is 0.218 e. The number of hydrogen-bond acceptors (Lipinski definition) is 5. The molecule has 6 nitrogen and oxygen atoms in total. The zero-order valence-corrected chi connectivity index (χ0v) is 11.3. The number of aliphatic hydroxyl groups is 2. The summed E-state index contributed by atoms with van der Waals surface area (Å²) >= 11 is 0. The van der Waals surface area contributed by atoms with E-state index in [1.807, 2.05) is 0 Å². The molecule has 1 fully saturated rings. The van der Waals surface area contributed by atoms with Crippen LogP contribution in [0.1, 0.15) is 11.1 Å². The minimum Gasteiger partial charge on any atom is -0.389 e. The minimum absolute atomic E-state index is 0.0512. The lowest BCUT2D eigenvalue weighted by atomic mass is 10.1. The molecule has 0 spiro atoms. The van der Waals surface area contributed by atoms with E-state index >= 15 is 0 Å². The molecule has 7 heteroatoms. The van der Waals surface area contributed by atoms with Crippen molar-refractivity contribution in [3.05, 3.63) is 35.4 Å². The largest absolute Gasteiger partial charge is 0.389 e. The Hall–Kier alpha value is -0.990. The quantitative estimate of drug-likeness (QED) is 0.659. The van der Waals surface area contributed by atoms with Crippen LogP contribution in [0.3, 0.4) is 0 Å². The Morgan fingerprint density at radius 3 is 2.05 bits per heavy atom. The maximum absolute atomic E-state index is 12.1. The second-order valence-corrected chi connectivity index (χ2v) is 6.70. The van der Waals surface area contributed by atoms with Crippen LogP contribution in [0.15, 0.2) is 24.3 Å². The fourth-order valence-electron chi connectivity index (χ4n) is 2.04. The number of hydrogen-bond donors (Lipinski definition) is 3. The van der Waals surface area contributed by atoms with E-state index in [1.54, 1.807) is 24.3 Å². The normalized spacial score (nSPS) is 24.8. The van der Waals surface area contributed by atoms with Crippen LogP contribution in [-0.2, 0) is 22.3 Å². The molecule has 106 valence electrons. The van der Waals surface area contributed by atoms with Crippen LogP contribution in [0.2, 0.25) is 0 Å². The van der Waals surface area contributed by atoms with Crippen molar-refractivity contribution in [2.45, 2.75) is 24.5 Å². The van der Waals surface area contributed by atoms with Crippen molar-refractivity contribution in [3.63, 3.8) is 0 Å². The number of nitrogens with zero attached hydrogens (tertiary/aromatic N) is 1. The first kappa shape index (κ1) is 14.4. The van der Waals surface area contributed by atoms with Crippen molar-refractivity contribution in [1.82, 2.24) is 4.31 Å². The van der Waals surface area contributed by atoms with E-state index in [2.05, 4.69) is 0 Å². The highest BCUT2D eigenvalue weighted by atomic mass is 32.2. The molecule has 2 atom stereocenters. The van der Waals surface area contributed by atoms with Crippen LogP contribution in [0.25, 0.3) is 0 Å². The highest BCUT2D eigenvalue weighted by molar-refractivity contribution is 7.88. The number of rotatable bonds is 4. The highest BCUT2D eigenvalue weighted by Crippen LogP contribution is 2.18. The number of sulfonamides is 1. The first-order valence-electron chi connectivity index (χ1n) is 6.04. The van der Waals surface area contributed by atoms with Gasteiger partial charge in [0, 0.05) is 19.6 Å². The molecule has 0 bridgehead atoms. The fraction of sp³-hybridized carbons (Fsp3) is 0.500. The Balaban J connectivity index is 2.08. The van der Waals surface area contributed by atoms with E-state index in [0.29, 0.717) is 12.1 Å². The van der Waals surface area contributed by atoms with Crippen molar-refractivity contribution in [2.24, 2.45) is 5.73 Å². The van der Waals surface area contributed by atoms with E-state index in [4.69, 9.17) is 5.73 Å². The maximum atomic E-state index is 12.1.